The normalized spacial score (nSPS) is 41.8. The Kier molecular flexibility index (Phi) is 2.54. The predicted molar refractivity (Wildman–Crippen MR) is 60.0 cm³/mol. The molecule has 16 heavy (non-hydrogen) atoms. The van der Waals surface area contributed by atoms with Crippen molar-refractivity contribution >= 4 is 12.1 Å². The first kappa shape index (κ1) is 11.5. The van der Waals surface area contributed by atoms with Crippen LogP contribution in [-0.2, 0) is 14.3 Å². The fourth-order valence-electron chi connectivity index (χ4n) is 2.76. The Morgan fingerprint density at radius 3 is 2.81 bits per heavy atom. The van der Waals surface area contributed by atoms with E-state index in [1.54, 1.807) is 0 Å². The van der Waals surface area contributed by atoms with E-state index in [4.69, 9.17) is 4.74 Å². The first-order valence-electron chi connectivity index (χ1n) is 5.80. The van der Waals surface area contributed by atoms with Gasteiger partial charge in [-0.05, 0) is 12.8 Å². The maximum atomic E-state index is 12.1. The molecule has 1 saturated heterocycles. The lowest BCUT2D eigenvalue weighted by Gasteiger charge is -2.44. The Hall–Kier alpha value is -0.960. The summed E-state index contributed by atoms with van der Waals surface area (Å²) >= 11 is 0. The Labute approximate surface area is 95.9 Å². The van der Waals surface area contributed by atoms with E-state index >= 15 is 0 Å². The average Bonchev–Trinajstić information content (AvgIpc) is 2.49. The van der Waals surface area contributed by atoms with Gasteiger partial charge in [0.2, 0.25) is 0 Å². The zero-order valence-electron chi connectivity index (χ0n) is 10.0. The summed E-state index contributed by atoms with van der Waals surface area (Å²) < 4.78 is 6.08. The van der Waals surface area contributed by atoms with Crippen molar-refractivity contribution in [2.75, 3.05) is 0 Å². The quantitative estimate of drug-likeness (QED) is 0.541. The summed E-state index contributed by atoms with van der Waals surface area (Å²) in [6.45, 7) is 6.02. The summed E-state index contributed by atoms with van der Waals surface area (Å²) in [6.07, 6.45) is 5.45. The molecule has 0 amide bonds. The lowest BCUT2D eigenvalue weighted by atomic mass is 9.77. The average molecular weight is 222 g/mol. The van der Waals surface area contributed by atoms with Gasteiger partial charge in [0.15, 0.2) is 0 Å². The van der Waals surface area contributed by atoms with E-state index in [1.807, 2.05) is 19.1 Å². The smallest absolute Gasteiger partial charge is 0.142 e. The summed E-state index contributed by atoms with van der Waals surface area (Å²) in [7, 11) is 0. The molecular formula is C13H18O3. The van der Waals surface area contributed by atoms with Crippen molar-refractivity contribution in [1.82, 2.24) is 0 Å². The first-order valence-corrected chi connectivity index (χ1v) is 5.80. The largest absolute Gasteiger partial charge is 0.359 e. The highest BCUT2D eigenvalue weighted by molar-refractivity contribution is 5.87. The Balaban J connectivity index is 2.33. The van der Waals surface area contributed by atoms with Crippen molar-refractivity contribution in [2.45, 2.75) is 44.8 Å². The Morgan fingerprint density at radius 2 is 2.25 bits per heavy atom. The number of hydrogen-bond donors (Lipinski definition) is 0. The number of Topliss-reactive ketones (excluding diaryl/α,β-unsaturated/α-hetero) is 1. The second-order valence-electron chi connectivity index (χ2n) is 5.33. The minimum Gasteiger partial charge on any atom is -0.359 e. The van der Waals surface area contributed by atoms with Crippen LogP contribution in [-0.4, -0.2) is 23.3 Å². The monoisotopic (exact) mass is 222 g/mol. The van der Waals surface area contributed by atoms with Crippen molar-refractivity contribution in [3.05, 3.63) is 12.2 Å². The Morgan fingerprint density at radius 1 is 1.56 bits per heavy atom. The van der Waals surface area contributed by atoms with Crippen molar-refractivity contribution in [3.8, 4) is 0 Å². The van der Waals surface area contributed by atoms with Gasteiger partial charge in [-0.1, -0.05) is 26.0 Å². The number of fused-ring (bicyclic) bond motifs is 2. The zero-order valence-corrected chi connectivity index (χ0v) is 10.0. The molecule has 2 heterocycles. The summed E-state index contributed by atoms with van der Waals surface area (Å²) in [6, 6.07) is 0. The van der Waals surface area contributed by atoms with Crippen LogP contribution in [0.25, 0.3) is 0 Å². The lowest BCUT2D eigenvalue weighted by molar-refractivity contribution is -0.177. The van der Waals surface area contributed by atoms with E-state index in [9.17, 15) is 9.59 Å². The van der Waals surface area contributed by atoms with Crippen LogP contribution in [0, 0.1) is 11.8 Å². The van der Waals surface area contributed by atoms with E-state index in [1.165, 1.54) is 0 Å². The van der Waals surface area contributed by atoms with Crippen molar-refractivity contribution < 1.29 is 14.3 Å². The van der Waals surface area contributed by atoms with Crippen molar-refractivity contribution in [2.24, 2.45) is 11.8 Å². The van der Waals surface area contributed by atoms with Gasteiger partial charge >= 0.3 is 0 Å². The third-order valence-corrected chi connectivity index (χ3v) is 3.95. The van der Waals surface area contributed by atoms with Gasteiger partial charge in [0.05, 0.1) is 17.1 Å². The molecular weight excluding hydrogens is 204 g/mol. The third-order valence-electron chi connectivity index (χ3n) is 3.95. The van der Waals surface area contributed by atoms with Gasteiger partial charge in [0.1, 0.15) is 12.1 Å². The van der Waals surface area contributed by atoms with Gasteiger partial charge in [-0.2, -0.15) is 0 Å². The van der Waals surface area contributed by atoms with Crippen LogP contribution in [0.5, 0.6) is 0 Å². The van der Waals surface area contributed by atoms with Gasteiger partial charge in [0.25, 0.3) is 0 Å². The second-order valence-corrected chi connectivity index (χ2v) is 5.33. The fraction of sp³-hybridized carbons (Fsp3) is 0.692. The molecule has 0 N–H and O–H groups in total. The highest BCUT2D eigenvalue weighted by Crippen LogP contribution is 2.48. The molecule has 0 radical (unpaired) electrons. The number of hydrogen-bond acceptors (Lipinski definition) is 3. The number of ether oxygens (including phenoxy) is 1. The molecule has 3 nitrogen and oxygen atoms in total. The molecule has 2 aliphatic rings. The van der Waals surface area contributed by atoms with E-state index in [0.717, 1.165) is 6.29 Å². The molecule has 0 aromatic carbocycles. The molecule has 0 aliphatic carbocycles. The summed E-state index contributed by atoms with van der Waals surface area (Å²) in [5.74, 6) is 0.113. The number of aldehydes is 1. The van der Waals surface area contributed by atoms with Gasteiger partial charge in [-0.25, -0.2) is 0 Å². The minimum absolute atomic E-state index is 0.152. The summed E-state index contributed by atoms with van der Waals surface area (Å²) in [5, 5.41) is 0. The standard InChI is InChI=1S/C13H18O3/c1-9(2)13-6-5-12(3,16-13)10(4-7-14)11(15)8-13/h5-7,9-10H,4,8H2,1-3H3/t10-,12-,13+/m0/s1. The molecule has 3 atom stereocenters. The molecule has 0 unspecified atom stereocenters. The SMILES string of the molecule is CC(C)[C@]12C=C[C@](C)(O1)[C@@H](CC=O)C(=O)C2. The molecule has 0 saturated carbocycles. The molecule has 2 aliphatic heterocycles. The molecule has 3 heteroatoms. The maximum Gasteiger partial charge on any atom is 0.142 e. The highest BCUT2D eigenvalue weighted by atomic mass is 16.5. The number of ketones is 1. The Bertz CT molecular complexity index is 358. The van der Waals surface area contributed by atoms with Crippen molar-refractivity contribution in [1.29, 1.82) is 0 Å². The molecule has 88 valence electrons. The topological polar surface area (TPSA) is 43.4 Å². The predicted octanol–water partition coefficient (Wildman–Crippen LogP) is 1.90. The first-order chi connectivity index (χ1) is 7.43. The van der Waals surface area contributed by atoms with Crippen molar-refractivity contribution in [3.63, 3.8) is 0 Å². The minimum atomic E-state index is -0.583. The van der Waals surface area contributed by atoms with Crippen LogP contribution >= 0.6 is 0 Å². The number of carbonyl (C=O) groups excluding carboxylic acids is 2. The van der Waals surface area contributed by atoms with E-state index in [-0.39, 0.29) is 24.0 Å². The molecule has 1 fully saturated rings. The van der Waals surface area contributed by atoms with Crippen LogP contribution in [0.2, 0.25) is 0 Å². The fourth-order valence-corrected chi connectivity index (χ4v) is 2.76. The molecule has 0 aromatic rings. The highest BCUT2D eigenvalue weighted by Gasteiger charge is 2.55. The number of rotatable bonds is 3. The van der Waals surface area contributed by atoms with Crippen LogP contribution < -0.4 is 0 Å². The number of carbonyl (C=O) groups is 2. The summed E-state index contributed by atoms with van der Waals surface area (Å²) in [5.41, 5.74) is -1.02. The molecule has 0 spiro atoms. The summed E-state index contributed by atoms with van der Waals surface area (Å²) in [4.78, 5) is 22.7. The molecule has 2 rings (SSSR count). The maximum absolute atomic E-state index is 12.1. The third kappa shape index (κ3) is 1.46. The van der Waals surface area contributed by atoms with Gasteiger partial charge in [0, 0.05) is 12.8 Å². The lowest BCUT2D eigenvalue weighted by Crippen LogP contribution is -2.52. The molecule has 2 bridgehead atoms. The van der Waals surface area contributed by atoms with E-state index < -0.39 is 11.2 Å². The van der Waals surface area contributed by atoms with Crippen LogP contribution in [0.4, 0.5) is 0 Å². The zero-order chi connectivity index (χ0) is 12.0. The molecule has 0 aromatic heterocycles. The van der Waals surface area contributed by atoms with Gasteiger partial charge in [-0.3, -0.25) is 4.79 Å². The van der Waals surface area contributed by atoms with Crippen LogP contribution in [0.1, 0.15) is 33.6 Å². The van der Waals surface area contributed by atoms with Crippen LogP contribution in [0.3, 0.4) is 0 Å². The van der Waals surface area contributed by atoms with Crippen LogP contribution in [0.15, 0.2) is 12.2 Å². The second kappa shape index (κ2) is 3.52. The van der Waals surface area contributed by atoms with Gasteiger partial charge < -0.3 is 9.53 Å². The van der Waals surface area contributed by atoms with E-state index in [2.05, 4.69) is 13.8 Å². The van der Waals surface area contributed by atoms with Gasteiger partial charge in [-0.15, -0.1) is 0 Å². The van der Waals surface area contributed by atoms with E-state index in [0.29, 0.717) is 6.42 Å².